The normalized spacial score (nSPS) is 12.6. The second-order valence-corrected chi connectivity index (χ2v) is 8.17. The molecule has 0 amide bonds. The summed E-state index contributed by atoms with van der Waals surface area (Å²) < 4.78 is 26.1. The minimum absolute atomic E-state index is 0.0739. The Kier molecular flexibility index (Phi) is 9.05. The van der Waals surface area contributed by atoms with Crippen molar-refractivity contribution in [3.8, 4) is 0 Å². The highest BCUT2D eigenvalue weighted by Crippen LogP contribution is 2.12. The molecule has 6 heteroatoms. The number of aliphatic carboxylic acids is 1. The van der Waals surface area contributed by atoms with Gasteiger partial charge in [0.1, 0.15) is 0 Å². The minimum Gasteiger partial charge on any atom is -0.481 e. The molecule has 0 heterocycles. The predicted octanol–water partition coefficient (Wildman–Crippen LogP) is 2.58. The zero-order valence-corrected chi connectivity index (χ0v) is 13.9. The predicted molar refractivity (Wildman–Crippen MR) is 81.1 cm³/mol. The Hall–Kier alpha value is -0.620. The van der Waals surface area contributed by atoms with Gasteiger partial charge in [-0.15, -0.1) is 0 Å². The molecule has 0 saturated carbocycles. The lowest BCUT2D eigenvalue weighted by Gasteiger charge is -2.23. The Morgan fingerprint density at radius 1 is 1.05 bits per heavy atom. The first-order valence-electron chi connectivity index (χ1n) is 7.34. The largest absolute Gasteiger partial charge is 0.481 e. The van der Waals surface area contributed by atoms with Crippen molar-refractivity contribution in [1.29, 1.82) is 0 Å². The van der Waals surface area contributed by atoms with Crippen LogP contribution in [0.25, 0.3) is 0 Å². The molecule has 0 aliphatic carbocycles. The molecule has 0 aliphatic heterocycles. The summed E-state index contributed by atoms with van der Waals surface area (Å²) in [5.74, 6) is -0.122. The summed E-state index contributed by atoms with van der Waals surface area (Å²) in [5, 5.41) is 8.59. The van der Waals surface area contributed by atoms with Crippen LogP contribution in [0.15, 0.2) is 0 Å². The zero-order chi connectivity index (χ0) is 15.8. The monoisotopic (exact) mass is 307 g/mol. The van der Waals surface area contributed by atoms with Crippen LogP contribution in [0.3, 0.4) is 0 Å². The topological polar surface area (TPSA) is 74.7 Å². The highest BCUT2D eigenvalue weighted by Gasteiger charge is 2.22. The quantitative estimate of drug-likeness (QED) is 0.636. The van der Waals surface area contributed by atoms with Gasteiger partial charge in [-0.2, -0.15) is 0 Å². The molecule has 0 spiro atoms. The number of carboxylic acid groups (broad SMARTS) is 1. The molecule has 0 saturated heterocycles. The molecule has 0 aliphatic rings. The van der Waals surface area contributed by atoms with E-state index in [4.69, 9.17) is 5.11 Å². The summed E-state index contributed by atoms with van der Waals surface area (Å²) in [6.07, 6.45) is 1.74. The number of hydrogen-bond donors (Lipinski definition) is 1. The van der Waals surface area contributed by atoms with Crippen molar-refractivity contribution in [2.75, 3.05) is 18.8 Å². The van der Waals surface area contributed by atoms with E-state index >= 15 is 0 Å². The van der Waals surface area contributed by atoms with Crippen LogP contribution in [0.5, 0.6) is 0 Å². The number of carboxylic acids is 1. The van der Waals surface area contributed by atoms with Crippen LogP contribution in [0, 0.1) is 11.8 Å². The molecule has 0 bridgehead atoms. The molecule has 0 aromatic carbocycles. The Morgan fingerprint density at radius 2 is 1.50 bits per heavy atom. The summed E-state index contributed by atoms with van der Waals surface area (Å²) in [6, 6.07) is 0. The van der Waals surface area contributed by atoms with Gasteiger partial charge in [-0.05, 0) is 31.1 Å². The van der Waals surface area contributed by atoms with E-state index in [0.29, 0.717) is 24.9 Å². The summed E-state index contributed by atoms with van der Waals surface area (Å²) in [5.41, 5.74) is 0. The molecule has 0 radical (unpaired) electrons. The Morgan fingerprint density at radius 3 is 1.85 bits per heavy atom. The minimum atomic E-state index is -3.34. The average Bonchev–Trinajstić information content (AvgIpc) is 2.26. The molecule has 0 rings (SSSR count). The Labute approximate surface area is 123 Å². The molecular weight excluding hydrogens is 278 g/mol. The van der Waals surface area contributed by atoms with Crippen LogP contribution in [0.2, 0.25) is 0 Å². The summed E-state index contributed by atoms with van der Waals surface area (Å²) in [7, 11) is -3.34. The van der Waals surface area contributed by atoms with Crippen molar-refractivity contribution in [3.05, 3.63) is 0 Å². The SMILES string of the molecule is CC(C)CCN(CCC(C)C)S(=O)(=O)CCCC(=O)O. The number of rotatable bonds is 11. The van der Waals surface area contributed by atoms with Gasteiger partial charge in [0.15, 0.2) is 0 Å². The van der Waals surface area contributed by atoms with E-state index in [-0.39, 0.29) is 18.6 Å². The third-order valence-corrected chi connectivity index (χ3v) is 5.05. The van der Waals surface area contributed by atoms with Gasteiger partial charge in [-0.3, -0.25) is 4.79 Å². The molecule has 120 valence electrons. The average molecular weight is 307 g/mol. The highest BCUT2D eigenvalue weighted by atomic mass is 32.2. The molecule has 0 unspecified atom stereocenters. The van der Waals surface area contributed by atoms with Crippen molar-refractivity contribution in [3.63, 3.8) is 0 Å². The maximum Gasteiger partial charge on any atom is 0.303 e. The van der Waals surface area contributed by atoms with Crippen LogP contribution >= 0.6 is 0 Å². The van der Waals surface area contributed by atoms with Gasteiger partial charge in [0.05, 0.1) is 5.75 Å². The second kappa shape index (κ2) is 9.34. The van der Waals surface area contributed by atoms with Gasteiger partial charge in [0.2, 0.25) is 10.0 Å². The summed E-state index contributed by atoms with van der Waals surface area (Å²) in [6.45, 7) is 9.32. The molecule has 5 nitrogen and oxygen atoms in total. The fourth-order valence-electron chi connectivity index (χ4n) is 1.73. The van der Waals surface area contributed by atoms with E-state index in [2.05, 4.69) is 27.7 Å². The van der Waals surface area contributed by atoms with Crippen LogP contribution in [0.1, 0.15) is 53.4 Å². The Balaban J connectivity index is 4.57. The maximum atomic E-state index is 12.3. The molecule has 0 atom stereocenters. The lowest BCUT2D eigenvalue weighted by Crippen LogP contribution is -2.36. The number of carbonyl (C=O) groups is 1. The van der Waals surface area contributed by atoms with Gasteiger partial charge >= 0.3 is 5.97 Å². The van der Waals surface area contributed by atoms with E-state index in [1.54, 1.807) is 0 Å². The van der Waals surface area contributed by atoms with Gasteiger partial charge in [0, 0.05) is 19.5 Å². The number of nitrogens with zero attached hydrogens (tertiary/aromatic N) is 1. The first kappa shape index (κ1) is 19.4. The van der Waals surface area contributed by atoms with Crippen molar-refractivity contribution in [1.82, 2.24) is 4.31 Å². The van der Waals surface area contributed by atoms with Crippen molar-refractivity contribution in [2.45, 2.75) is 53.4 Å². The van der Waals surface area contributed by atoms with Crippen LogP contribution < -0.4 is 0 Å². The smallest absolute Gasteiger partial charge is 0.303 e. The van der Waals surface area contributed by atoms with E-state index in [1.807, 2.05) is 0 Å². The molecular formula is C14H29NO4S. The van der Waals surface area contributed by atoms with Crippen molar-refractivity contribution in [2.24, 2.45) is 11.8 Å². The molecule has 1 N–H and O–H groups in total. The first-order chi connectivity index (χ1) is 9.15. The van der Waals surface area contributed by atoms with Crippen molar-refractivity contribution < 1.29 is 18.3 Å². The lowest BCUT2D eigenvalue weighted by atomic mass is 10.1. The lowest BCUT2D eigenvalue weighted by molar-refractivity contribution is -0.137. The third-order valence-electron chi connectivity index (χ3n) is 3.10. The third kappa shape index (κ3) is 9.31. The van der Waals surface area contributed by atoms with Gasteiger partial charge in [0.25, 0.3) is 0 Å². The molecule has 20 heavy (non-hydrogen) atoms. The van der Waals surface area contributed by atoms with Gasteiger partial charge < -0.3 is 5.11 Å². The van der Waals surface area contributed by atoms with Gasteiger partial charge in [-0.1, -0.05) is 27.7 Å². The molecule has 0 fully saturated rings. The Bertz CT molecular complexity index is 365. The molecule has 0 aromatic rings. The molecule has 0 aromatic heterocycles. The first-order valence-corrected chi connectivity index (χ1v) is 8.95. The van der Waals surface area contributed by atoms with Crippen LogP contribution in [-0.2, 0) is 14.8 Å². The zero-order valence-electron chi connectivity index (χ0n) is 13.1. The standard InChI is InChI=1S/C14H29NO4S/c1-12(2)7-9-15(10-8-13(3)4)20(18,19)11-5-6-14(16)17/h12-13H,5-11H2,1-4H3,(H,16,17). The highest BCUT2D eigenvalue weighted by molar-refractivity contribution is 7.89. The van der Waals surface area contributed by atoms with E-state index < -0.39 is 16.0 Å². The summed E-state index contributed by atoms with van der Waals surface area (Å²) >= 11 is 0. The summed E-state index contributed by atoms with van der Waals surface area (Å²) in [4.78, 5) is 10.5. The van der Waals surface area contributed by atoms with Gasteiger partial charge in [-0.25, -0.2) is 12.7 Å². The second-order valence-electron chi connectivity index (χ2n) is 6.08. The number of hydrogen-bond acceptors (Lipinski definition) is 3. The van der Waals surface area contributed by atoms with Crippen LogP contribution in [0.4, 0.5) is 0 Å². The van der Waals surface area contributed by atoms with E-state index in [0.717, 1.165) is 12.8 Å². The number of sulfonamides is 1. The van der Waals surface area contributed by atoms with E-state index in [1.165, 1.54) is 4.31 Å². The maximum absolute atomic E-state index is 12.3. The van der Waals surface area contributed by atoms with E-state index in [9.17, 15) is 13.2 Å². The van der Waals surface area contributed by atoms with Crippen LogP contribution in [-0.4, -0.2) is 42.6 Å². The van der Waals surface area contributed by atoms with Crippen molar-refractivity contribution >= 4 is 16.0 Å². The fourth-order valence-corrected chi connectivity index (χ4v) is 3.26. The fraction of sp³-hybridized carbons (Fsp3) is 0.929.